The average Bonchev–Trinajstić information content (AvgIpc) is 2.73. The molecule has 2 aliphatic rings. The number of aliphatic hydroxyl groups is 2. The minimum atomic E-state index is -0.995. The summed E-state index contributed by atoms with van der Waals surface area (Å²) in [6.45, 7) is 5.71. The predicted molar refractivity (Wildman–Crippen MR) is 70.0 cm³/mol. The van der Waals surface area contributed by atoms with Crippen LogP contribution in [-0.4, -0.2) is 28.2 Å². The maximum atomic E-state index is 11.6. The zero-order chi connectivity index (χ0) is 13.6. The van der Waals surface area contributed by atoms with Gasteiger partial charge in [0, 0.05) is 6.42 Å². The number of allylic oxidation sites excluding steroid dienone is 2. The highest BCUT2D eigenvalue weighted by Gasteiger charge is 2.50. The third-order valence-electron chi connectivity index (χ3n) is 5.36. The van der Waals surface area contributed by atoms with Crippen molar-refractivity contribution in [2.45, 2.75) is 52.1 Å². The van der Waals surface area contributed by atoms with Crippen molar-refractivity contribution in [1.82, 2.24) is 0 Å². The Labute approximate surface area is 109 Å². The van der Waals surface area contributed by atoms with E-state index >= 15 is 0 Å². The number of rotatable bonds is 2. The Kier molecular flexibility index (Phi) is 3.41. The molecule has 102 valence electrons. The lowest BCUT2D eigenvalue weighted by molar-refractivity contribution is -0.117. The minimum absolute atomic E-state index is 0.0672. The molecule has 0 aromatic carbocycles. The summed E-state index contributed by atoms with van der Waals surface area (Å²) >= 11 is 0. The highest BCUT2D eigenvalue weighted by atomic mass is 16.3. The van der Waals surface area contributed by atoms with E-state index in [4.69, 9.17) is 0 Å². The molecule has 0 aliphatic heterocycles. The van der Waals surface area contributed by atoms with Gasteiger partial charge in [-0.1, -0.05) is 12.5 Å². The van der Waals surface area contributed by atoms with Crippen LogP contribution in [0.5, 0.6) is 0 Å². The third kappa shape index (κ3) is 2.04. The van der Waals surface area contributed by atoms with Crippen LogP contribution < -0.4 is 0 Å². The molecule has 0 heterocycles. The molecule has 0 aromatic heterocycles. The Morgan fingerprint density at radius 1 is 1.56 bits per heavy atom. The molecule has 0 bridgehead atoms. The second kappa shape index (κ2) is 4.46. The molecule has 2 rings (SSSR count). The quantitative estimate of drug-likeness (QED) is 0.791. The molecule has 0 saturated heterocycles. The van der Waals surface area contributed by atoms with Gasteiger partial charge in [0.05, 0.1) is 12.2 Å². The zero-order valence-electron chi connectivity index (χ0n) is 11.6. The maximum Gasteiger partial charge on any atom is 0.155 e. The molecule has 1 saturated carbocycles. The highest BCUT2D eigenvalue weighted by molar-refractivity contribution is 5.91. The van der Waals surface area contributed by atoms with E-state index in [1.807, 2.05) is 6.92 Å². The molecule has 3 heteroatoms. The Morgan fingerprint density at radius 2 is 2.22 bits per heavy atom. The Balaban J connectivity index is 2.25. The molecule has 0 aromatic rings. The normalized spacial score (nSPS) is 39.8. The molecule has 2 N–H and O–H groups in total. The third-order valence-corrected chi connectivity index (χ3v) is 5.36. The van der Waals surface area contributed by atoms with Gasteiger partial charge in [-0.2, -0.15) is 0 Å². The summed E-state index contributed by atoms with van der Waals surface area (Å²) in [4.78, 5) is 11.6. The van der Waals surface area contributed by atoms with Gasteiger partial charge >= 0.3 is 0 Å². The number of hydrogen-bond donors (Lipinski definition) is 2. The summed E-state index contributed by atoms with van der Waals surface area (Å²) in [5, 5.41) is 19.5. The summed E-state index contributed by atoms with van der Waals surface area (Å²) in [7, 11) is 0. The van der Waals surface area contributed by atoms with E-state index in [0.717, 1.165) is 19.3 Å². The van der Waals surface area contributed by atoms with Crippen LogP contribution in [0.3, 0.4) is 0 Å². The van der Waals surface area contributed by atoms with Crippen molar-refractivity contribution in [2.24, 2.45) is 17.3 Å². The van der Waals surface area contributed by atoms with Crippen molar-refractivity contribution in [3.8, 4) is 0 Å². The van der Waals surface area contributed by atoms with Crippen LogP contribution in [0.1, 0.15) is 46.5 Å². The summed E-state index contributed by atoms with van der Waals surface area (Å²) in [6, 6.07) is 0. The van der Waals surface area contributed by atoms with Crippen molar-refractivity contribution in [2.75, 3.05) is 6.61 Å². The van der Waals surface area contributed by atoms with Crippen LogP contribution >= 0.6 is 0 Å². The van der Waals surface area contributed by atoms with E-state index in [2.05, 4.69) is 6.92 Å². The van der Waals surface area contributed by atoms with Gasteiger partial charge in [0.2, 0.25) is 0 Å². The van der Waals surface area contributed by atoms with Crippen molar-refractivity contribution in [3.05, 3.63) is 11.6 Å². The average molecular weight is 252 g/mol. The first-order valence-corrected chi connectivity index (χ1v) is 6.86. The van der Waals surface area contributed by atoms with Crippen LogP contribution in [0.4, 0.5) is 0 Å². The molecule has 18 heavy (non-hydrogen) atoms. The van der Waals surface area contributed by atoms with Crippen LogP contribution in [0, 0.1) is 17.3 Å². The molecule has 4 atom stereocenters. The summed E-state index contributed by atoms with van der Waals surface area (Å²) in [5.74, 6) is 0.694. The van der Waals surface area contributed by atoms with Crippen molar-refractivity contribution < 1.29 is 15.0 Å². The van der Waals surface area contributed by atoms with E-state index in [-0.39, 0.29) is 23.7 Å². The largest absolute Gasteiger partial charge is 0.393 e. The zero-order valence-corrected chi connectivity index (χ0v) is 11.6. The molecule has 1 spiro atoms. The number of carbonyl (C=O) groups is 1. The highest BCUT2D eigenvalue weighted by Crippen LogP contribution is 2.56. The smallest absolute Gasteiger partial charge is 0.155 e. The lowest BCUT2D eigenvalue weighted by Gasteiger charge is -2.40. The van der Waals surface area contributed by atoms with Gasteiger partial charge in [-0.3, -0.25) is 4.79 Å². The van der Waals surface area contributed by atoms with Crippen molar-refractivity contribution >= 4 is 5.78 Å². The van der Waals surface area contributed by atoms with Gasteiger partial charge in [0.15, 0.2) is 5.78 Å². The Morgan fingerprint density at radius 3 is 2.78 bits per heavy atom. The Hall–Kier alpha value is -0.670. The van der Waals surface area contributed by atoms with E-state index in [0.29, 0.717) is 12.3 Å². The van der Waals surface area contributed by atoms with Crippen LogP contribution in [0.2, 0.25) is 0 Å². The van der Waals surface area contributed by atoms with Gasteiger partial charge in [-0.05, 0) is 56.4 Å². The van der Waals surface area contributed by atoms with Gasteiger partial charge < -0.3 is 10.2 Å². The monoisotopic (exact) mass is 252 g/mol. The van der Waals surface area contributed by atoms with Crippen LogP contribution in [-0.2, 0) is 4.79 Å². The number of hydrogen-bond acceptors (Lipinski definition) is 3. The Bertz CT molecular complexity index is 383. The molecule has 1 fully saturated rings. The summed E-state index contributed by atoms with van der Waals surface area (Å²) < 4.78 is 0. The predicted octanol–water partition coefficient (Wildman–Crippen LogP) is 2.07. The van der Waals surface area contributed by atoms with Gasteiger partial charge in [0.1, 0.15) is 0 Å². The summed E-state index contributed by atoms with van der Waals surface area (Å²) in [6.07, 6.45) is 5.24. The number of carbonyl (C=O) groups excluding carboxylic acids is 1. The molecular weight excluding hydrogens is 228 g/mol. The first-order chi connectivity index (χ1) is 8.32. The second-order valence-corrected chi connectivity index (χ2v) is 6.51. The first kappa shape index (κ1) is 13.8. The molecule has 3 nitrogen and oxygen atoms in total. The lowest BCUT2D eigenvalue weighted by atomic mass is 9.64. The van der Waals surface area contributed by atoms with E-state index in [1.165, 1.54) is 5.57 Å². The standard InChI is InChI=1S/C15H24O3/c1-10-6-13(17)7-11(2)15(10)5-4-12(8-15)14(3,18)9-16/h6,11-12,16,18H,4-5,7-9H2,1-3H3. The maximum absolute atomic E-state index is 11.6. The fourth-order valence-corrected chi connectivity index (χ4v) is 3.87. The van der Waals surface area contributed by atoms with Gasteiger partial charge in [-0.15, -0.1) is 0 Å². The summed E-state index contributed by atoms with van der Waals surface area (Å²) in [5.41, 5.74) is 0.241. The first-order valence-electron chi connectivity index (χ1n) is 6.86. The van der Waals surface area contributed by atoms with E-state index in [1.54, 1.807) is 13.0 Å². The fourth-order valence-electron chi connectivity index (χ4n) is 3.87. The van der Waals surface area contributed by atoms with Crippen molar-refractivity contribution in [3.63, 3.8) is 0 Å². The van der Waals surface area contributed by atoms with Gasteiger partial charge in [-0.25, -0.2) is 0 Å². The molecule has 0 radical (unpaired) electrons. The van der Waals surface area contributed by atoms with Crippen molar-refractivity contribution in [1.29, 1.82) is 0 Å². The topological polar surface area (TPSA) is 57.5 Å². The van der Waals surface area contributed by atoms with Crippen LogP contribution in [0.15, 0.2) is 11.6 Å². The van der Waals surface area contributed by atoms with Gasteiger partial charge in [0.25, 0.3) is 0 Å². The van der Waals surface area contributed by atoms with E-state index < -0.39 is 5.60 Å². The molecule has 4 unspecified atom stereocenters. The van der Waals surface area contributed by atoms with Crippen LogP contribution in [0.25, 0.3) is 0 Å². The second-order valence-electron chi connectivity index (χ2n) is 6.51. The van der Waals surface area contributed by atoms with E-state index in [9.17, 15) is 15.0 Å². The number of ketones is 1. The fraction of sp³-hybridized carbons (Fsp3) is 0.800. The molecular formula is C15H24O3. The lowest BCUT2D eigenvalue weighted by Crippen LogP contribution is -2.39. The molecule has 0 amide bonds. The SMILES string of the molecule is CC1=CC(=O)CC(C)C12CCC(C(C)(O)CO)C2. The molecule has 2 aliphatic carbocycles. The number of aliphatic hydroxyl groups excluding tert-OH is 1. The minimum Gasteiger partial charge on any atom is -0.393 e.